The summed E-state index contributed by atoms with van der Waals surface area (Å²) in [5.41, 5.74) is 0. The molecule has 0 saturated heterocycles. The van der Waals surface area contributed by atoms with Gasteiger partial charge in [0, 0.05) is 12.0 Å². The van der Waals surface area contributed by atoms with E-state index in [1.165, 1.54) is 38.5 Å². The number of hydrogen-bond acceptors (Lipinski definition) is 2. The Morgan fingerprint density at radius 3 is 2.21 bits per heavy atom. The summed E-state index contributed by atoms with van der Waals surface area (Å²) in [7, 11) is 0. The number of Topliss-reactive ketones (excluding diaryl/α,β-unsaturated/α-hetero) is 1. The van der Waals surface area contributed by atoms with E-state index in [1.807, 2.05) is 0 Å². The lowest BCUT2D eigenvalue weighted by molar-refractivity contribution is -0.122. The van der Waals surface area contributed by atoms with E-state index in [4.69, 9.17) is 0 Å². The maximum atomic E-state index is 11.8. The first-order valence-electron chi connectivity index (χ1n) is 6.12. The Kier molecular flexibility index (Phi) is 3.57. The van der Waals surface area contributed by atoms with E-state index in [2.05, 4.69) is 5.32 Å². The fraction of sp³-hybridized carbons (Fsp3) is 0.917. The monoisotopic (exact) mass is 195 g/mol. The van der Waals surface area contributed by atoms with Crippen LogP contribution < -0.4 is 5.32 Å². The molecule has 0 unspecified atom stereocenters. The first-order chi connectivity index (χ1) is 6.86. The summed E-state index contributed by atoms with van der Waals surface area (Å²) in [5.74, 6) is 0.850. The van der Waals surface area contributed by atoms with Crippen LogP contribution in [0.2, 0.25) is 0 Å². The molecular weight excluding hydrogens is 174 g/mol. The Labute approximate surface area is 86.5 Å². The van der Waals surface area contributed by atoms with E-state index in [1.54, 1.807) is 0 Å². The van der Waals surface area contributed by atoms with Crippen LogP contribution in [0.25, 0.3) is 0 Å². The van der Waals surface area contributed by atoms with Crippen LogP contribution in [0.5, 0.6) is 0 Å². The minimum absolute atomic E-state index is 0.378. The highest BCUT2D eigenvalue weighted by atomic mass is 16.1. The molecule has 2 nitrogen and oxygen atoms in total. The highest BCUT2D eigenvalue weighted by Crippen LogP contribution is 2.24. The average Bonchev–Trinajstić information content (AvgIpc) is 3.01. The zero-order chi connectivity index (χ0) is 9.80. The predicted octanol–water partition coefficient (Wildman–Crippen LogP) is 2.28. The van der Waals surface area contributed by atoms with Gasteiger partial charge in [-0.3, -0.25) is 4.79 Å². The SMILES string of the molecule is O=C(CNC1CC1)C1CCCCCC1. The molecule has 0 aliphatic heterocycles. The maximum absolute atomic E-state index is 11.8. The zero-order valence-electron chi connectivity index (χ0n) is 8.93. The predicted molar refractivity (Wildman–Crippen MR) is 57.2 cm³/mol. The van der Waals surface area contributed by atoms with Gasteiger partial charge in [0.15, 0.2) is 0 Å². The Balaban J connectivity index is 1.70. The first-order valence-corrected chi connectivity index (χ1v) is 6.12. The van der Waals surface area contributed by atoms with Crippen molar-refractivity contribution in [3.05, 3.63) is 0 Å². The van der Waals surface area contributed by atoms with Crippen molar-refractivity contribution in [3.8, 4) is 0 Å². The van der Waals surface area contributed by atoms with Crippen LogP contribution in [0, 0.1) is 5.92 Å². The first kappa shape index (κ1) is 10.2. The third kappa shape index (κ3) is 3.09. The molecule has 0 bridgehead atoms. The molecule has 0 atom stereocenters. The van der Waals surface area contributed by atoms with Gasteiger partial charge in [0.2, 0.25) is 0 Å². The molecule has 2 aliphatic rings. The second kappa shape index (κ2) is 4.92. The molecule has 2 saturated carbocycles. The largest absolute Gasteiger partial charge is 0.307 e. The van der Waals surface area contributed by atoms with E-state index >= 15 is 0 Å². The lowest BCUT2D eigenvalue weighted by Gasteiger charge is -2.12. The van der Waals surface area contributed by atoms with Gasteiger partial charge in [-0.25, -0.2) is 0 Å². The molecule has 0 aromatic heterocycles. The Bertz CT molecular complexity index is 190. The van der Waals surface area contributed by atoms with Gasteiger partial charge in [0.25, 0.3) is 0 Å². The van der Waals surface area contributed by atoms with E-state index in [9.17, 15) is 4.79 Å². The molecule has 80 valence electrons. The summed E-state index contributed by atoms with van der Waals surface area (Å²) < 4.78 is 0. The van der Waals surface area contributed by atoms with Crippen LogP contribution in [-0.2, 0) is 4.79 Å². The molecule has 14 heavy (non-hydrogen) atoms. The Hall–Kier alpha value is -0.370. The topological polar surface area (TPSA) is 29.1 Å². The second-order valence-electron chi connectivity index (χ2n) is 4.81. The van der Waals surface area contributed by atoms with Crippen molar-refractivity contribution in [2.45, 2.75) is 57.4 Å². The molecular formula is C12H21NO. The van der Waals surface area contributed by atoms with Gasteiger partial charge in [-0.15, -0.1) is 0 Å². The fourth-order valence-corrected chi connectivity index (χ4v) is 2.28. The number of nitrogens with one attached hydrogen (secondary N) is 1. The number of rotatable bonds is 4. The van der Waals surface area contributed by atoms with Crippen molar-refractivity contribution in [1.82, 2.24) is 5.32 Å². The normalized spacial score (nSPS) is 24.6. The third-order valence-electron chi connectivity index (χ3n) is 3.45. The summed E-state index contributed by atoms with van der Waals surface area (Å²) in [6.45, 7) is 0.634. The smallest absolute Gasteiger partial charge is 0.149 e. The van der Waals surface area contributed by atoms with Crippen LogP contribution in [0.3, 0.4) is 0 Å². The van der Waals surface area contributed by atoms with Crippen LogP contribution in [-0.4, -0.2) is 18.4 Å². The number of hydrogen-bond donors (Lipinski definition) is 1. The standard InChI is InChI=1S/C12H21NO/c14-12(9-13-11-7-8-11)10-5-3-1-2-4-6-10/h10-11,13H,1-9H2. The maximum Gasteiger partial charge on any atom is 0.149 e. The quantitative estimate of drug-likeness (QED) is 0.697. The van der Waals surface area contributed by atoms with Gasteiger partial charge in [-0.1, -0.05) is 25.7 Å². The molecule has 1 N–H and O–H groups in total. The summed E-state index contributed by atoms with van der Waals surface area (Å²) in [5, 5.41) is 3.32. The molecule has 2 heteroatoms. The minimum atomic E-state index is 0.378. The molecule has 0 heterocycles. The van der Waals surface area contributed by atoms with Crippen molar-refractivity contribution >= 4 is 5.78 Å². The van der Waals surface area contributed by atoms with Gasteiger partial charge < -0.3 is 5.32 Å². The zero-order valence-corrected chi connectivity index (χ0v) is 8.93. The van der Waals surface area contributed by atoms with Crippen LogP contribution >= 0.6 is 0 Å². The summed E-state index contributed by atoms with van der Waals surface area (Å²) >= 11 is 0. The number of ketones is 1. The molecule has 0 aromatic carbocycles. The second-order valence-corrected chi connectivity index (χ2v) is 4.81. The molecule has 0 aromatic rings. The van der Waals surface area contributed by atoms with Gasteiger partial charge in [-0.2, -0.15) is 0 Å². The Morgan fingerprint density at radius 1 is 1.00 bits per heavy atom. The fourth-order valence-electron chi connectivity index (χ4n) is 2.28. The summed E-state index contributed by atoms with van der Waals surface area (Å²) in [6, 6.07) is 0.671. The van der Waals surface area contributed by atoms with E-state index < -0.39 is 0 Å². The highest BCUT2D eigenvalue weighted by Gasteiger charge is 2.24. The lowest BCUT2D eigenvalue weighted by Crippen LogP contribution is -2.29. The molecule has 0 amide bonds. The lowest BCUT2D eigenvalue weighted by atomic mass is 9.95. The van der Waals surface area contributed by atoms with Crippen molar-refractivity contribution in [1.29, 1.82) is 0 Å². The van der Waals surface area contributed by atoms with E-state index in [0.29, 0.717) is 24.3 Å². The van der Waals surface area contributed by atoms with Crippen molar-refractivity contribution in [2.24, 2.45) is 5.92 Å². The van der Waals surface area contributed by atoms with Gasteiger partial charge in [0.1, 0.15) is 5.78 Å². The molecule has 2 aliphatic carbocycles. The van der Waals surface area contributed by atoms with Crippen molar-refractivity contribution in [3.63, 3.8) is 0 Å². The van der Waals surface area contributed by atoms with Crippen LogP contribution in [0.15, 0.2) is 0 Å². The van der Waals surface area contributed by atoms with E-state index in [-0.39, 0.29) is 0 Å². The van der Waals surface area contributed by atoms with Gasteiger partial charge >= 0.3 is 0 Å². The van der Waals surface area contributed by atoms with E-state index in [0.717, 1.165) is 12.8 Å². The van der Waals surface area contributed by atoms with Crippen LogP contribution in [0.4, 0.5) is 0 Å². The molecule has 2 rings (SSSR count). The third-order valence-corrected chi connectivity index (χ3v) is 3.45. The minimum Gasteiger partial charge on any atom is -0.307 e. The van der Waals surface area contributed by atoms with Gasteiger partial charge in [0.05, 0.1) is 6.54 Å². The molecule has 0 radical (unpaired) electrons. The average molecular weight is 195 g/mol. The summed E-state index contributed by atoms with van der Waals surface area (Å²) in [6.07, 6.45) is 10.0. The van der Waals surface area contributed by atoms with Crippen LogP contribution in [0.1, 0.15) is 51.4 Å². The molecule has 2 fully saturated rings. The number of carbonyl (C=O) groups is 1. The van der Waals surface area contributed by atoms with Gasteiger partial charge in [-0.05, 0) is 25.7 Å². The number of carbonyl (C=O) groups excluding carboxylic acids is 1. The highest BCUT2D eigenvalue weighted by molar-refractivity contribution is 5.83. The Morgan fingerprint density at radius 2 is 1.64 bits per heavy atom. The van der Waals surface area contributed by atoms with Crippen molar-refractivity contribution in [2.75, 3.05) is 6.54 Å². The molecule has 0 spiro atoms. The van der Waals surface area contributed by atoms with Crippen molar-refractivity contribution < 1.29 is 4.79 Å². The summed E-state index contributed by atoms with van der Waals surface area (Å²) in [4.78, 5) is 11.8.